The first-order valence-electron chi connectivity index (χ1n) is 5.85. The van der Waals surface area contributed by atoms with Crippen molar-refractivity contribution in [3.8, 4) is 0 Å². The van der Waals surface area contributed by atoms with Crippen LogP contribution in [0.1, 0.15) is 25.3 Å². The van der Waals surface area contributed by atoms with E-state index in [1.165, 1.54) is 0 Å². The highest BCUT2D eigenvalue weighted by Gasteiger charge is 2.12. The van der Waals surface area contributed by atoms with Crippen LogP contribution in [0.5, 0.6) is 0 Å². The summed E-state index contributed by atoms with van der Waals surface area (Å²) < 4.78 is 23.7. The summed E-state index contributed by atoms with van der Waals surface area (Å²) in [6.07, 6.45) is 1.59. The zero-order valence-corrected chi connectivity index (χ0v) is 11.7. The average molecular weight is 287 g/mol. The van der Waals surface area contributed by atoms with E-state index in [-0.39, 0.29) is 11.5 Å². The lowest BCUT2D eigenvalue weighted by Gasteiger charge is -2.03. The molecule has 1 heterocycles. The van der Waals surface area contributed by atoms with Gasteiger partial charge in [0.05, 0.1) is 17.0 Å². The first kappa shape index (κ1) is 13.4. The second-order valence-corrected chi connectivity index (χ2v) is 6.90. The van der Waals surface area contributed by atoms with Gasteiger partial charge in [-0.1, -0.05) is 31.0 Å². The lowest BCUT2D eigenvalue weighted by molar-refractivity contribution is 0.592. The third kappa shape index (κ3) is 3.03. The first-order valence-corrected chi connectivity index (χ1v) is 8.04. The van der Waals surface area contributed by atoms with Crippen LogP contribution in [0.15, 0.2) is 18.2 Å². The maximum atomic E-state index is 11.9. The van der Waals surface area contributed by atoms with E-state index >= 15 is 0 Å². The maximum absolute atomic E-state index is 11.9. The minimum atomic E-state index is -3.04. The normalized spacial score (nSPS) is 12.1. The van der Waals surface area contributed by atoms with Crippen molar-refractivity contribution in [2.75, 3.05) is 5.75 Å². The zero-order chi connectivity index (χ0) is 13.2. The Labute approximate surface area is 111 Å². The van der Waals surface area contributed by atoms with Crippen molar-refractivity contribution in [1.29, 1.82) is 0 Å². The van der Waals surface area contributed by atoms with Crippen molar-refractivity contribution in [1.82, 2.24) is 10.2 Å². The molecule has 18 heavy (non-hydrogen) atoms. The summed E-state index contributed by atoms with van der Waals surface area (Å²) in [5, 5.41) is 7.87. The Hall–Kier alpha value is -1.07. The smallest absolute Gasteiger partial charge is 0.154 e. The summed E-state index contributed by atoms with van der Waals surface area (Å²) in [4.78, 5) is 0. The van der Waals surface area contributed by atoms with Gasteiger partial charge < -0.3 is 0 Å². The second-order valence-electron chi connectivity index (χ2n) is 4.33. The van der Waals surface area contributed by atoms with Crippen molar-refractivity contribution in [3.63, 3.8) is 0 Å². The largest absolute Gasteiger partial charge is 0.266 e. The predicted octanol–water partition coefficient (Wildman–Crippen LogP) is 2.93. The highest BCUT2D eigenvalue weighted by molar-refractivity contribution is 7.90. The third-order valence-corrected chi connectivity index (χ3v) is 4.74. The summed E-state index contributed by atoms with van der Waals surface area (Å²) in [6, 6.07) is 5.34. The van der Waals surface area contributed by atoms with Gasteiger partial charge in [0.1, 0.15) is 5.15 Å². The Morgan fingerprint density at radius 3 is 2.89 bits per heavy atom. The quantitative estimate of drug-likeness (QED) is 0.919. The van der Waals surface area contributed by atoms with Crippen molar-refractivity contribution >= 4 is 32.3 Å². The number of unbranched alkanes of at least 4 members (excludes halogenated alkanes) is 1. The van der Waals surface area contributed by atoms with E-state index in [1.807, 2.05) is 6.92 Å². The Balaban J connectivity index is 2.24. The molecule has 0 spiro atoms. The van der Waals surface area contributed by atoms with Crippen molar-refractivity contribution in [3.05, 3.63) is 28.9 Å². The lowest BCUT2D eigenvalue weighted by atomic mass is 10.2. The van der Waals surface area contributed by atoms with Crippen LogP contribution in [0.3, 0.4) is 0 Å². The highest BCUT2D eigenvalue weighted by Crippen LogP contribution is 2.22. The summed E-state index contributed by atoms with van der Waals surface area (Å²) in [6.45, 7) is 1.98. The topological polar surface area (TPSA) is 62.8 Å². The average Bonchev–Trinajstić information content (AvgIpc) is 2.68. The van der Waals surface area contributed by atoms with E-state index in [4.69, 9.17) is 11.6 Å². The number of H-pyrrole nitrogens is 1. The molecule has 0 aliphatic heterocycles. The summed E-state index contributed by atoms with van der Waals surface area (Å²) in [5.74, 6) is 0.297. The van der Waals surface area contributed by atoms with Crippen LogP contribution >= 0.6 is 11.6 Å². The molecule has 6 heteroatoms. The number of sulfone groups is 1. The molecule has 0 atom stereocenters. The molecule has 0 saturated heterocycles. The number of hydrogen-bond donors (Lipinski definition) is 1. The van der Waals surface area contributed by atoms with E-state index in [2.05, 4.69) is 10.2 Å². The second kappa shape index (κ2) is 5.28. The third-order valence-electron chi connectivity index (χ3n) is 2.77. The molecular formula is C12H15ClN2O2S. The molecule has 0 aliphatic carbocycles. The highest BCUT2D eigenvalue weighted by atomic mass is 35.5. The standard InChI is InChI=1S/C12H15ClN2O2S/c1-2-3-6-18(16,17)8-9-4-5-11-10(7-9)12(13)15-14-11/h4-5,7H,2-3,6,8H2,1H3,(H,14,15). The molecule has 0 saturated carbocycles. The fraction of sp³-hybridized carbons (Fsp3) is 0.417. The van der Waals surface area contributed by atoms with Gasteiger partial charge >= 0.3 is 0 Å². The van der Waals surface area contributed by atoms with Crippen molar-refractivity contribution in [2.45, 2.75) is 25.5 Å². The van der Waals surface area contributed by atoms with Gasteiger partial charge in [0.2, 0.25) is 0 Å². The Bertz CT molecular complexity index is 649. The van der Waals surface area contributed by atoms with Gasteiger partial charge in [-0.25, -0.2) is 8.42 Å². The number of aromatic amines is 1. The van der Waals surface area contributed by atoms with Crippen LogP contribution in [0.25, 0.3) is 10.9 Å². The molecule has 0 radical (unpaired) electrons. The lowest BCUT2D eigenvalue weighted by Crippen LogP contribution is -2.09. The van der Waals surface area contributed by atoms with E-state index in [0.29, 0.717) is 11.6 Å². The summed E-state index contributed by atoms with van der Waals surface area (Å²) in [7, 11) is -3.04. The molecule has 1 aromatic heterocycles. The van der Waals surface area contributed by atoms with Gasteiger partial charge in [0.25, 0.3) is 0 Å². The van der Waals surface area contributed by atoms with Crippen LogP contribution < -0.4 is 0 Å². The molecule has 1 N–H and O–H groups in total. The number of aromatic nitrogens is 2. The van der Waals surface area contributed by atoms with Crippen LogP contribution in [0.4, 0.5) is 0 Å². The molecule has 2 rings (SSSR count). The van der Waals surface area contributed by atoms with Crippen molar-refractivity contribution < 1.29 is 8.42 Å². The molecule has 1 aromatic carbocycles. The van der Waals surface area contributed by atoms with Gasteiger partial charge in [0, 0.05) is 5.39 Å². The minimum Gasteiger partial charge on any atom is -0.266 e. The monoisotopic (exact) mass is 286 g/mol. The molecule has 4 nitrogen and oxygen atoms in total. The number of rotatable bonds is 5. The number of fused-ring (bicyclic) bond motifs is 1. The summed E-state index contributed by atoms with van der Waals surface area (Å²) in [5.41, 5.74) is 1.50. The minimum absolute atomic E-state index is 0.0600. The number of halogens is 1. The zero-order valence-electron chi connectivity index (χ0n) is 10.1. The van der Waals surface area contributed by atoms with E-state index in [0.717, 1.165) is 22.9 Å². The van der Waals surface area contributed by atoms with Crippen LogP contribution in [0.2, 0.25) is 5.15 Å². The molecule has 0 aliphatic rings. The van der Waals surface area contributed by atoms with Gasteiger partial charge in [0.15, 0.2) is 9.84 Å². The van der Waals surface area contributed by atoms with E-state index in [9.17, 15) is 8.42 Å². The van der Waals surface area contributed by atoms with Crippen LogP contribution in [-0.2, 0) is 15.6 Å². The van der Waals surface area contributed by atoms with Gasteiger partial charge in [-0.15, -0.1) is 0 Å². The Morgan fingerprint density at radius 1 is 1.39 bits per heavy atom. The van der Waals surface area contributed by atoms with Crippen LogP contribution in [-0.4, -0.2) is 24.4 Å². The Kier molecular flexibility index (Phi) is 3.92. The molecule has 0 amide bonds. The van der Waals surface area contributed by atoms with E-state index < -0.39 is 9.84 Å². The maximum Gasteiger partial charge on any atom is 0.154 e. The fourth-order valence-electron chi connectivity index (χ4n) is 1.81. The van der Waals surface area contributed by atoms with Gasteiger partial charge in [-0.3, -0.25) is 5.10 Å². The molecular weight excluding hydrogens is 272 g/mol. The first-order chi connectivity index (χ1) is 8.52. The molecule has 0 bridgehead atoms. The molecule has 98 valence electrons. The van der Waals surface area contributed by atoms with Gasteiger partial charge in [-0.2, -0.15) is 5.10 Å². The Morgan fingerprint density at radius 2 is 2.17 bits per heavy atom. The van der Waals surface area contributed by atoms with Crippen LogP contribution in [0, 0.1) is 0 Å². The molecule has 0 unspecified atom stereocenters. The molecule has 2 aromatic rings. The number of benzene rings is 1. The van der Waals surface area contributed by atoms with Crippen molar-refractivity contribution in [2.24, 2.45) is 0 Å². The molecule has 0 fully saturated rings. The number of nitrogens with one attached hydrogen (secondary N) is 1. The predicted molar refractivity (Wildman–Crippen MR) is 73.5 cm³/mol. The number of hydrogen-bond acceptors (Lipinski definition) is 3. The number of nitrogens with zero attached hydrogens (tertiary/aromatic N) is 1. The van der Waals surface area contributed by atoms with E-state index in [1.54, 1.807) is 18.2 Å². The van der Waals surface area contributed by atoms with Gasteiger partial charge in [-0.05, 0) is 24.1 Å². The fourth-order valence-corrected chi connectivity index (χ4v) is 3.56. The summed E-state index contributed by atoms with van der Waals surface area (Å²) >= 11 is 5.93. The SMILES string of the molecule is CCCCS(=O)(=O)Cc1ccc2n[nH]c(Cl)c2c1.